The molecule has 1 fully saturated rings. The van der Waals surface area contributed by atoms with Gasteiger partial charge in [-0.05, 0) is 48.9 Å². The third-order valence-corrected chi connectivity index (χ3v) is 6.76. The fourth-order valence-electron chi connectivity index (χ4n) is 3.45. The molecule has 1 aromatic heterocycles. The van der Waals surface area contributed by atoms with Crippen molar-refractivity contribution in [3.05, 3.63) is 63.6 Å². The van der Waals surface area contributed by atoms with Crippen LogP contribution in [0.15, 0.2) is 42.5 Å². The maximum Gasteiger partial charge on any atom is 0.257 e. The molecule has 10 heteroatoms. The second-order valence-corrected chi connectivity index (χ2v) is 9.13. The Bertz CT molecular complexity index is 1210. The molecule has 2 aromatic carbocycles. The summed E-state index contributed by atoms with van der Waals surface area (Å²) >= 11 is 7.47. The molecule has 0 unspecified atom stereocenters. The molecule has 0 aliphatic carbocycles. The summed E-state index contributed by atoms with van der Waals surface area (Å²) in [6, 6.07) is 12.2. The minimum Gasteiger partial charge on any atom is -0.326 e. The second-order valence-electron chi connectivity index (χ2n) is 7.72. The van der Waals surface area contributed by atoms with Crippen molar-refractivity contribution in [2.45, 2.75) is 32.6 Å². The van der Waals surface area contributed by atoms with Gasteiger partial charge in [0, 0.05) is 47.3 Å². The molecule has 1 saturated heterocycles. The van der Waals surface area contributed by atoms with Crippen LogP contribution in [0.1, 0.15) is 46.6 Å². The molecule has 0 saturated carbocycles. The number of benzene rings is 2. The van der Waals surface area contributed by atoms with E-state index in [1.807, 2.05) is 19.1 Å². The van der Waals surface area contributed by atoms with Crippen LogP contribution in [0.5, 0.6) is 0 Å². The molecule has 1 aliphatic heterocycles. The number of carbonyl (C=O) groups excluding carboxylic acids is 3. The van der Waals surface area contributed by atoms with Gasteiger partial charge in [-0.15, -0.1) is 10.2 Å². The summed E-state index contributed by atoms with van der Waals surface area (Å²) in [5, 5.41) is 15.4. The van der Waals surface area contributed by atoms with E-state index in [-0.39, 0.29) is 23.6 Å². The van der Waals surface area contributed by atoms with E-state index in [2.05, 4.69) is 20.8 Å². The molecule has 8 nitrogen and oxygen atoms in total. The van der Waals surface area contributed by atoms with Gasteiger partial charge in [-0.25, -0.2) is 0 Å². The summed E-state index contributed by atoms with van der Waals surface area (Å²) in [5.74, 6) is -0.536. The molecule has 4 rings (SSSR count). The minimum atomic E-state index is -0.329. The quantitative estimate of drug-likeness (QED) is 0.532. The van der Waals surface area contributed by atoms with Crippen molar-refractivity contribution in [3.63, 3.8) is 0 Å². The van der Waals surface area contributed by atoms with Crippen molar-refractivity contribution in [1.29, 1.82) is 0 Å². The van der Waals surface area contributed by atoms with E-state index in [1.165, 1.54) is 11.3 Å². The molecular formula is C23H22ClN5O3S. The van der Waals surface area contributed by atoms with Crippen molar-refractivity contribution >= 4 is 57.2 Å². The number of amides is 3. The highest BCUT2D eigenvalue weighted by Gasteiger charge is 2.34. The number of rotatable bonds is 6. The van der Waals surface area contributed by atoms with Gasteiger partial charge in [0.05, 0.1) is 0 Å². The van der Waals surface area contributed by atoms with Gasteiger partial charge in [-0.2, -0.15) is 0 Å². The number of nitrogens with zero attached hydrogens (tertiary/aromatic N) is 3. The van der Waals surface area contributed by atoms with Gasteiger partial charge in [0.2, 0.25) is 16.9 Å². The van der Waals surface area contributed by atoms with Crippen LogP contribution in [-0.4, -0.2) is 34.5 Å². The zero-order chi connectivity index (χ0) is 23.5. The van der Waals surface area contributed by atoms with Crippen molar-refractivity contribution in [2.24, 2.45) is 0 Å². The molecule has 170 valence electrons. The topological polar surface area (TPSA) is 104 Å². The highest BCUT2D eigenvalue weighted by Crippen LogP contribution is 2.35. The van der Waals surface area contributed by atoms with E-state index in [0.29, 0.717) is 45.8 Å². The number of aromatic nitrogens is 2. The number of hydrogen-bond acceptors (Lipinski definition) is 6. The lowest BCUT2D eigenvalue weighted by molar-refractivity contribution is -0.117. The lowest BCUT2D eigenvalue weighted by Crippen LogP contribution is -2.24. The summed E-state index contributed by atoms with van der Waals surface area (Å²) in [6.45, 7) is 4.16. The van der Waals surface area contributed by atoms with Gasteiger partial charge in [-0.1, -0.05) is 35.9 Å². The summed E-state index contributed by atoms with van der Waals surface area (Å²) in [6.07, 6.45) is 0.698. The molecule has 0 radical (unpaired) electrons. The van der Waals surface area contributed by atoms with Gasteiger partial charge < -0.3 is 10.2 Å². The first-order chi connectivity index (χ1) is 15.8. The molecule has 2 heterocycles. The maximum absolute atomic E-state index is 12.6. The van der Waals surface area contributed by atoms with E-state index in [4.69, 9.17) is 11.6 Å². The van der Waals surface area contributed by atoms with Crippen LogP contribution in [0.3, 0.4) is 0 Å². The molecule has 2 N–H and O–H groups in total. The van der Waals surface area contributed by atoms with Crippen molar-refractivity contribution in [3.8, 4) is 0 Å². The zero-order valence-electron chi connectivity index (χ0n) is 18.1. The van der Waals surface area contributed by atoms with E-state index in [9.17, 15) is 14.4 Å². The summed E-state index contributed by atoms with van der Waals surface area (Å²) < 4.78 is 0. The number of halogens is 1. The lowest BCUT2D eigenvalue weighted by Gasteiger charge is -2.17. The normalized spacial score (nSPS) is 15.5. The summed E-state index contributed by atoms with van der Waals surface area (Å²) in [5.41, 5.74) is 2.77. The monoisotopic (exact) mass is 483 g/mol. The fraction of sp³-hybridized carbons (Fsp3) is 0.261. The molecule has 33 heavy (non-hydrogen) atoms. The fourth-order valence-corrected chi connectivity index (χ4v) is 4.45. The summed E-state index contributed by atoms with van der Waals surface area (Å²) in [4.78, 5) is 38.3. The van der Waals surface area contributed by atoms with Crippen LogP contribution in [-0.2, 0) is 9.59 Å². The molecule has 0 spiro atoms. The van der Waals surface area contributed by atoms with Gasteiger partial charge in [0.1, 0.15) is 5.01 Å². The smallest absolute Gasteiger partial charge is 0.257 e. The maximum atomic E-state index is 12.6. The van der Waals surface area contributed by atoms with Gasteiger partial charge >= 0.3 is 0 Å². The highest BCUT2D eigenvalue weighted by atomic mass is 35.5. The second kappa shape index (κ2) is 9.68. The first-order valence-electron chi connectivity index (χ1n) is 10.4. The van der Waals surface area contributed by atoms with Crippen LogP contribution in [0.25, 0.3) is 0 Å². The van der Waals surface area contributed by atoms with Crippen molar-refractivity contribution in [2.75, 3.05) is 22.1 Å². The molecular weight excluding hydrogens is 462 g/mol. The van der Waals surface area contributed by atoms with Crippen LogP contribution < -0.4 is 15.5 Å². The van der Waals surface area contributed by atoms with Crippen molar-refractivity contribution < 1.29 is 14.4 Å². The first-order valence-corrected chi connectivity index (χ1v) is 11.6. The number of carbonyl (C=O) groups is 3. The van der Waals surface area contributed by atoms with Crippen LogP contribution >= 0.6 is 22.9 Å². The molecule has 3 amide bonds. The Morgan fingerprint density at radius 2 is 1.91 bits per heavy atom. The first kappa shape index (κ1) is 22.9. The molecule has 1 atom stereocenters. The number of nitrogens with one attached hydrogen (secondary N) is 2. The predicted molar refractivity (Wildman–Crippen MR) is 129 cm³/mol. The van der Waals surface area contributed by atoms with Gasteiger partial charge in [0.25, 0.3) is 5.91 Å². The Balaban J connectivity index is 1.39. The van der Waals surface area contributed by atoms with Gasteiger partial charge in [-0.3, -0.25) is 19.7 Å². The lowest BCUT2D eigenvalue weighted by atomic mass is 10.1. The van der Waals surface area contributed by atoms with E-state index >= 15 is 0 Å². The minimum absolute atomic E-state index is 0.00374. The number of aryl methyl sites for hydroxylation is 1. The number of hydrogen-bond donors (Lipinski definition) is 2. The van der Waals surface area contributed by atoms with Crippen LogP contribution in [0.2, 0.25) is 5.02 Å². The highest BCUT2D eigenvalue weighted by molar-refractivity contribution is 7.15. The van der Waals surface area contributed by atoms with Crippen LogP contribution in [0, 0.1) is 6.92 Å². The van der Waals surface area contributed by atoms with E-state index in [1.54, 1.807) is 42.2 Å². The Hall–Kier alpha value is -3.30. The van der Waals surface area contributed by atoms with Crippen LogP contribution in [0.4, 0.5) is 16.5 Å². The molecule has 1 aliphatic rings. The molecule has 3 aromatic rings. The standard InChI is InChI=1S/C23H22ClN5O3S/c1-3-19(30)25-16-7-5-14(6-8-16)21(32)26-23-28-27-22(33-23)15-10-20(31)29(12-15)17-9-4-13(2)18(24)11-17/h4-9,11,15H,3,10,12H2,1-2H3,(H,25,30)(H,26,28,32)/t15-/m0/s1. The third kappa shape index (κ3) is 5.20. The Morgan fingerprint density at radius 3 is 2.61 bits per heavy atom. The molecule has 0 bridgehead atoms. The summed E-state index contributed by atoms with van der Waals surface area (Å²) in [7, 11) is 0. The zero-order valence-corrected chi connectivity index (χ0v) is 19.7. The van der Waals surface area contributed by atoms with E-state index in [0.717, 1.165) is 11.3 Å². The predicted octanol–water partition coefficient (Wildman–Crippen LogP) is 4.62. The van der Waals surface area contributed by atoms with Gasteiger partial charge in [0.15, 0.2) is 0 Å². The third-order valence-electron chi connectivity index (χ3n) is 5.35. The Labute approximate surface area is 200 Å². The van der Waals surface area contributed by atoms with Crippen molar-refractivity contribution in [1.82, 2.24) is 10.2 Å². The van der Waals surface area contributed by atoms with E-state index < -0.39 is 0 Å². The average molecular weight is 484 g/mol. The Kier molecular flexibility index (Phi) is 6.71. The SMILES string of the molecule is CCC(=O)Nc1ccc(C(=O)Nc2nnc([C@H]3CC(=O)N(c4ccc(C)c(Cl)c4)C3)s2)cc1. The average Bonchev–Trinajstić information content (AvgIpc) is 3.42. The number of anilines is 3. The largest absolute Gasteiger partial charge is 0.326 e. The Morgan fingerprint density at radius 1 is 1.15 bits per heavy atom.